The predicted molar refractivity (Wildman–Crippen MR) is 98.6 cm³/mol. The van der Waals surface area contributed by atoms with Crippen LogP contribution in [0.4, 0.5) is 0 Å². The first-order chi connectivity index (χ1) is 11.2. The number of β-amino-alcohol motifs (C(OH)–C–C–N with tert-alkyl or cyclic N) is 1. The zero-order valence-electron chi connectivity index (χ0n) is 15.4. The number of hydrogen-bond acceptors (Lipinski definition) is 3. The van der Waals surface area contributed by atoms with Gasteiger partial charge in [-0.25, -0.2) is 0 Å². The minimum absolute atomic E-state index is 0.362. The Morgan fingerprint density at radius 3 is 2.30 bits per heavy atom. The average molecular weight is 325 g/mol. The standard InChI is InChI=1S/C20H40N2O/c1-2-3-10-15-22(17-19(23)16-21)20(13-8-5-9-14-20)18-11-6-4-7-12-18/h18-19,23H,2-17,21H2,1H3. The third-order valence-corrected chi connectivity index (χ3v) is 6.45. The molecule has 0 heterocycles. The lowest BCUT2D eigenvalue weighted by atomic mass is 9.66. The second-order valence-electron chi connectivity index (χ2n) is 8.04. The first kappa shape index (κ1) is 19.2. The highest BCUT2D eigenvalue weighted by atomic mass is 16.3. The van der Waals surface area contributed by atoms with Crippen LogP contribution in [0.2, 0.25) is 0 Å². The SMILES string of the molecule is CCCCCN(CC(O)CN)C1(C2CCCCC2)CCCCC1. The maximum atomic E-state index is 10.3. The van der Waals surface area contributed by atoms with Crippen molar-refractivity contribution >= 4 is 0 Å². The smallest absolute Gasteiger partial charge is 0.0789 e. The van der Waals surface area contributed by atoms with Gasteiger partial charge >= 0.3 is 0 Å². The lowest BCUT2D eigenvalue weighted by molar-refractivity contribution is -0.0384. The van der Waals surface area contributed by atoms with Gasteiger partial charge < -0.3 is 10.8 Å². The normalized spacial score (nSPS) is 24.0. The van der Waals surface area contributed by atoms with Crippen molar-refractivity contribution in [3.05, 3.63) is 0 Å². The van der Waals surface area contributed by atoms with Crippen molar-refractivity contribution in [3.63, 3.8) is 0 Å². The van der Waals surface area contributed by atoms with Crippen LogP contribution in [0.15, 0.2) is 0 Å². The summed E-state index contributed by atoms with van der Waals surface area (Å²) in [7, 11) is 0. The summed E-state index contributed by atoms with van der Waals surface area (Å²) in [6, 6.07) is 0. The predicted octanol–water partition coefficient (Wildman–Crippen LogP) is 4.08. The molecule has 0 saturated heterocycles. The van der Waals surface area contributed by atoms with Gasteiger partial charge in [0.2, 0.25) is 0 Å². The van der Waals surface area contributed by atoms with Crippen molar-refractivity contribution in [2.75, 3.05) is 19.6 Å². The number of unbranched alkanes of at least 4 members (excludes halogenated alkanes) is 2. The lowest BCUT2D eigenvalue weighted by Crippen LogP contribution is -2.58. The lowest BCUT2D eigenvalue weighted by Gasteiger charge is -2.53. The quantitative estimate of drug-likeness (QED) is 0.628. The molecular weight excluding hydrogens is 284 g/mol. The van der Waals surface area contributed by atoms with E-state index < -0.39 is 0 Å². The molecule has 2 rings (SSSR count). The van der Waals surface area contributed by atoms with Crippen LogP contribution in [-0.4, -0.2) is 41.3 Å². The van der Waals surface area contributed by atoms with E-state index in [-0.39, 0.29) is 6.10 Å². The van der Waals surface area contributed by atoms with Gasteiger partial charge in [-0.15, -0.1) is 0 Å². The summed E-state index contributed by atoms with van der Waals surface area (Å²) in [6.45, 7) is 4.61. The number of hydrogen-bond donors (Lipinski definition) is 2. The number of rotatable bonds is 9. The number of aliphatic hydroxyl groups excluding tert-OH is 1. The molecular formula is C20H40N2O. The number of nitrogens with two attached hydrogens (primary N) is 1. The molecule has 136 valence electrons. The van der Waals surface area contributed by atoms with E-state index in [1.807, 2.05) is 0 Å². The molecule has 0 aliphatic heterocycles. The molecule has 3 N–H and O–H groups in total. The van der Waals surface area contributed by atoms with Crippen LogP contribution in [-0.2, 0) is 0 Å². The van der Waals surface area contributed by atoms with E-state index in [4.69, 9.17) is 5.73 Å². The Kier molecular flexibility index (Phi) is 8.35. The molecule has 0 aromatic rings. The first-order valence-electron chi connectivity index (χ1n) is 10.4. The van der Waals surface area contributed by atoms with Crippen LogP contribution < -0.4 is 5.73 Å². The fourth-order valence-electron chi connectivity index (χ4n) is 5.16. The Hall–Kier alpha value is -0.120. The van der Waals surface area contributed by atoms with Crippen molar-refractivity contribution in [2.45, 2.75) is 102 Å². The van der Waals surface area contributed by atoms with Crippen molar-refractivity contribution in [1.29, 1.82) is 0 Å². The Balaban J connectivity index is 2.14. The van der Waals surface area contributed by atoms with Crippen LogP contribution in [0.1, 0.15) is 90.4 Å². The summed E-state index contributed by atoms with van der Waals surface area (Å²) >= 11 is 0. The third kappa shape index (κ3) is 5.17. The van der Waals surface area contributed by atoms with Gasteiger partial charge in [0.1, 0.15) is 0 Å². The Morgan fingerprint density at radius 2 is 1.70 bits per heavy atom. The number of nitrogens with zero attached hydrogens (tertiary/aromatic N) is 1. The van der Waals surface area contributed by atoms with Crippen LogP contribution in [0.5, 0.6) is 0 Å². The second kappa shape index (κ2) is 10.0. The van der Waals surface area contributed by atoms with E-state index in [1.165, 1.54) is 83.5 Å². The van der Waals surface area contributed by atoms with Crippen molar-refractivity contribution in [1.82, 2.24) is 4.90 Å². The van der Waals surface area contributed by atoms with Crippen LogP contribution >= 0.6 is 0 Å². The summed E-state index contributed by atoms with van der Waals surface area (Å²) in [5.74, 6) is 0.850. The highest BCUT2D eigenvalue weighted by Gasteiger charge is 2.44. The summed E-state index contributed by atoms with van der Waals surface area (Å²) in [5.41, 5.74) is 6.11. The molecule has 0 radical (unpaired) electrons. The average Bonchev–Trinajstić information content (AvgIpc) is 2.62. The van der Waals surface area contributed by atoms with Gasteiger partial charge in [-0.2, -0.15) is 0 Å². The molecule has 1 unspecified atom stereocenters. The van der Waals surface area contributed by atoms with Crippen molar-refractivity contribution in [2.24, 2.45) is 11.7 Å². The maximum Gasteiger partial charge on any atom is 0.0789 e. The Morgan fingerprint density at radius 1 is 1.04 bits per heavy atom. The van der Waals surface area contributed by atoms with E-state index in [2.05, 4.69) is 11.8 Å². The number of aliphatic hydroxyl groups is 1. The topological polar surface area (TPSA) is 49.5 Å². The summed E-state index contributed by atoms with van der Waals surface area (Å²) in [5, 5.41) is 10.3. The van der Waals surface area contributed by atoms with Gasteiger partial charge in [-0.1, -0.05) is 58.3 Å². The minimum atomic E-state index is -0.362. The molecule has 23 heavy (non-hydrogen) atoms. The maximum absolute atomic E-state index is 10.3. The molecule has 3 nitrogen and oxygen atoms in total. The van der Waals surface area contributed by atoms with E-state index in [0.29, 0.717) is 12.1 Å². The van der Waals surface area contributed by atoms with Gasteiger partial charge in [-0.3, -0.25) is 4.90 Å². The van der Waals surface area contributed by atoms with Gasteiger partial charge in [0.05, 0.1) is 6.10 Å². The zero-order chi connectivity index (χ0) is 16.5. The monoisotopic (exact) mass is 324 g/mol. The minimum Gasteiger partial charge on any atom is -0.390 e. The summed E-state index contributed by atoms with van der Waals surface area (Å²) in [4.78, 5) is 2.70. The van der Waals surface area contributed by atoms with E-state index in [0.717, 1.165) is 19.0 Å². The molecule has 2 fully saturated rings. The van der Waals surface area contributed by atoms with Crippen molar-refractivity contribution < 1.29 is 5.11 Å². The molecule has 1 atom stereocenters. The van der Waals surface area contributed by atoms with Gasteiger partial charge in [0, 0.05) is 18.6 Å². The van der Waals surface area contributed by atoms with Crippen LogP contribution in [0.25, 0.3) is 0 Å². The molecule has 3 heteroatoms. The Labute approximate surface area is 144 Å². The Bertz CT molecular complexity index is 309. The van der Waals surface area contributed by atoms with E-state index in [1.54, 1.807) is 0 Å². The molecule has 2 aliphatic carbocycles. The molecule has 0 spiro atoms. The van der Waals surface area contributed by atoms with E-state index >= 15 is 0 Å². The van der Waals surface area contributed by atoms with Gasteiger partial charge in [-0.05, 0) is 44.6 Å². The third-order valence-electron chi connectivity index (χ3n) is 6.45. The zero-order valence-corrected chi connectivity index (χ0v) is 15.4. The van der Waals surface area contributed by atoms with Gasteiger partial charge in [0.15, 0.2) is 0 Å². The fourth-order valence-corrected chi connectivity index (χ4v) is 5.16. The van der Waals surface area contributed by atoms with Crippen LogP contribution in [0, 0.1) is 5.92 Å². The molecule has 2 aliphatic rings. The fraction of sp³-hybridized carbons (Fsp3) is 1.00. The molecule has 0 aromatic carbocycles. The molecule has 0 bridgehead atoms. The molecule has 0 aromatic heterocycles. The second-order valence-corrected chi connectivity index (χ2v) is 8.04. The molecule has 0 amide bonds. The molecule has 2 saturated carbocycles. The van der Waals surface area contributed by atoms with Gasteiger partial charge in [0.25, 0.3) is 0 Å². The van der Waals surface area contributed by atoms with Crippen molar-refractivity contribution in [3.8, 4) is 0 Å². The summed E-state index contributed by atoms with van der Waals surface area (Å²) in [6.07, 6.45) is 17.4. The first-order valence-corrected chi connectivity index (χ1v) is 10.4. The highest BCUT2D eigenvalue weighted by Crippen LogP contribution is 2.45. The van der Waals surface area contributed by atoms with E-state index in [9.17, 15) is 5.11 Å². The summed E-state index contributed by atoms with van der Waals surface area (Å²) < 4.78 is 0. The van der Waals surface area contributed by atoms with Crippen LogP contribution in [0.3, 0.4) is 0 Å². The highest BCUT2D eigenvalue weighted by molar-refractivity contribution is 5.00. The largest absolute Gasteiger partial charge is 0.390 e.